The first-order valence-electron chi connectivity index (χ1n) is 13.3. The number of hydrogen-bond acceptors (Lipinski definition) is 5. The fourth-order valence-electron chi connectivity index (χ4n) is 4.21. The van der Waals surface area contributed by atoms with Crippen LogP contribution in [0.2, 0.25) is 0 Å². The molecule has 1 atom stereocenters. The lowest BCUT2D eigenvalue weighted by molar-refractivity contribution is 0.0965. The second kappa shape index (κ2) is 12.7. The van der Waals surface area contributed by atoms with E-state index in [-0.39, 0.29) is 11.6 Å². The van der Waals surface area contributed by atoms with Gasteiger partial charge in [0, 0.05) is 22.4 Å². The van der Waals surface area contributed by atoms with Gasteiger partial charge in [-0.25, -0.2) is 24.9 Å². The Balaban J connectivity index is 1.63. The number of nitrogens with zero attached hydrogens (tertiary/aromatic N) is 5. The SMILES string of the molecule is C=C(C)C(N=C(N=C(C)c1ccccc1)c1ccccc1)C(=O)c1nc(-c2ccccc2)nc(-c2ccccc2)n1. The summed E-state index contributed by atoms with van der Waals surface area (Å²) in [6.07, 6.45) is 0. The van der Waals surface area contributed by atoms with Crippen molar-refractivity contribution in [2.45, 2.75) is 19.9 Å². The Bertz CT molecular complexity index is 1660. The first kappa shape index (κ1) is 27.2. The standard InChI is InChI=1S/C35H29N5O/c1-24(2)30(37-32(27-18-10-5-11-19-27)36-25(3)26-16-8-4-9-17-26)31(41)35-39-33(28-20-12-6-13-21-28)38-34(40-35)29-22-14-7-15-23-29/h4-23,30H,1H2,2-3H3. The number of carbonyl (C=O) groups excluding carboxylic acids is 1. The van der Waals surface area contributed by atoms with Gasteiger partial charge in [-0.1, -0.05) is 128 Å². The summed E-state index contributed by atoms with van der Waals surface area (Å²) in [6.45, 7) is 7.80. The van der Waals surface area contributed by atoms with Crippen LogP contribution in [0.5, 0.6) is 0 Å². The summed E-state index contributed by atoms with van der Waals surface area (Å²) >= 11 is 0. The maximum Gasteiger partial charge on any atom is 0.228 e. The number of rotatable bonds is 8. The lowest BCUT2D eigenvalue weighted by Crippen LogP contribution is -2.25. The summed E-state index contributed by atoms with van der Waals surface area (Å²) in [4.78, 5) is 37.7. The van der Waals surface area contributed by atoms with Crippen LogP contribution in [0.4, 0.5) is 0 Å². The number of carbonyl (C=O) groups is 1. The highest BCUT2D eigenvalue weighted by atomic mass is 16.1. The van der Waals surface area contributed by atoms with Crippen LogP contribution in [0.1, 0.15) is 35.6 Å². The first-order valence-corrected chi connectivity index (χ1v) is 13.3. The van der Waals surface area contributed by atoms with E-state index in [4.69, 9.17) is 9.98 Å². The minimum atomic E-state index is -0.952. The molecular weight excluding hydrogens is 506 g/mol. The zero-order valence-electron chi connectivity index (χ0n) is 23.0. The van der Waals surface area contributed by atoms with Gasteiger partial charge in [-0.05, 0) is 25.0 Å². The second-order valence-electron chi connectivity index (χ2n) is 9.53. The smallest absolute Gasteiger partial charge is 0.228 e. The molecular formula is C35H29N5O. The third kappa shape index (κ3) is 6.62. The summed E-state index contributed by atoms with van der Waals surface area (Å²) in [5.41, 5.74) is 4.64. The second-order valence-corrected chi connectivity index (χ2v) is 9.53. The van der Waals surface area contributed by atoms with Crippen LogP contribution in [0, 0.1) is 0 Å². The third-order valence-corrected chi connectivity index (χ3v) is 6.38. The maximum absolute atomic E-state index is 14.1. The average molecular weight is 536 g/mol. The number of ketones is 1. The molecule has 41 heavy (non-hydrogen) atoms. The highest BCUT2D eigenvalue weighted by Crippen LogP contribution is 2.22. The number of benzene rings is 4. The molecule has 0 amide bonds. The normalized spacial score (nSPS) is 12.5. The summed E-state index contributed by atoms with van der Waals surface area (Å²) in [6, 6.07) is 37.6. The van der Waals surface area contributed by atoms with Gasteiger partial charge in [-0.15, -0.1) is 0 Å². The maximum atomic E-state index is 14.1. The van der Waals surface area contributed by atoms with Crippen LogP contribution in [0.3, 0.4) is 0 Å². The average Bonchev–Trinajstić information content (AvgIpc) is 3.04. The van der Waals surface area contributed by atoms with E-state index < -0.39 is 6.04 Å². The molecule has 5 rings (SSSR count). The van der Waals surface area contributed by atoms with E-state index in [9.17, 15) is 4.79 Å². The van der Waals surface area contributed by atoms with Gasteiger partial charge in [-0.2, -0.15) is 0 Å². The molecule has 6 heteroatoms. The molecule has 1 aromatic heterocycles. The predicted octanol–water partition coefficient (Wildman–Crippen LogP) is 7.29. The van der Waals surface area contributed by atoms with Crippen molar-refractivity contribution in [1.82, 2.24) is 15.0 Å². The molecule has 1 unspecified atom stereocenters. The number of aromatic nitrogens is 3. The zero-order chi connectivity index (χ0) is 28.6. The Hall–Kier alpha value is -5.36. The Morgan fingerprint density at radius 2 is 1.07 bits per heavy atom. The van der Waals surface area contributed by atoms with Crippen molar-refractivity contribution < 1.29 is 4.79 Å². The van der Waals surface area contributed by atoms with Gasteiger partial charge in [-0.3, -0.25) is 4.79 Å². The molecule has 0 spiro atoms. The highest BCUT2D eigenvalue weighted by molar-refractivity contribution is 6.12. The van der Waals surface area contributed by atoms with Crippen molar-refractivity contribution in [2.75, 3.05) is 0 Å². The minimum absolute atomic E-state index is 0.0191. The van der Waals surface area contributed by atoms with E-state index in [0.29, 0.717) is 23.1 Å². The van der Waals surface area contributed by atoms with Crippen molar-refractivity contribution in [2.24, 2.45) is 9.98 Å². The van der Waals surface area contributed by atoms with Crippen LogP contribution in [-0.2, 0) is 0 Å². The number of Topliss-reactive ketones (excluding diaryl/α,β-unsaturated/α-hetero) is 1. The summed E-state index contributed by atoms with van der Waals surface area (Å²) < 4.78 is 0. The topological polar surface area (TPSA) is 80.5 Å². The Kier molecular flexibility index (Phi) is 8.41. The third-order valence-electron chi connectivity index (χ3n) is 6.38. The number of aliphatic imine (C=N–C) groups is 2. The van der Waals surface area contributed by atoms with Crippen molar-refractivity contribution >= 4 is 17.3 Å². The quantitative estimate of drug-likeness (QED) is 0.0904. The molecule has 0 aliphatic rings. The molecule has 0 bridgehead atoms. The lowest BCUT2D eigenvalue weighted by atomic mass is 10.0. The number of hydrogen-bond donors (Lipinski definition) is 0. The molecule has 0 saturated carbocycles. The Labute approximate surface area is 240 Å². The summed E-state index contributed by atoms with van der Waals surface area (Å²) in [7, 11) is 0. The molecule has 0 N–H and O–H groups in total. The monoisotopic (exact) mass is 535 g/mol. The van der Waals surface area contributed by atoms with Crippen molar-refractivity contribution in [3.05, 3.63) is 150 Å². The van der Waals surface area contributed by atoms with Crippen molar-refractivity contribution in [3.8, 4) is 22.8 Å². The molecule has 5 aromatic rings. The Morgan fingerprint density at radius 3 is 1.54 bits per heavy atom. The fraction of sp³-hybridized carbons (Fsp3) is 0.0857. The van der Waals surface area contributed by atoms with E-state index in [1.807, 2.05) is 128 Å². The largest absolute Gasteiger partial charge is 0.288 e. The molecule has 0 saturated heterocycles. The summed E-state index contributed by atoms with van der Waals surface area (Å²) in [5.74, 6) is 0.886. The van der Waals surface area contributed by atoms with Crippen LogP contribution in [-0.4, -0.2) is 38.3 Å². The van der Waals surface area contributed by atoms with Gasteiger partial charge < -0.3 is 0 Å². The van der Waals surface area contributed by atoms with Crippen LogP contribution < -0.4 is 0 Å². The van der Waals surface area contributed by atoms with Gasteiger partial charge in [0.05, 0.1) is 0 Å². The molecule has 4 aromatic carbocycles. The van der Waals surface area contributed by atoms with E-state index in [2.05, 4.69) is 21.5 Å². The van der Waals surface area contributed by atoms with E-state index >= 15 is 0 Å². The lowest BCUT2D eigenvalue weighted by Gasteiger charge is -2.14. The first-order chi connectivity index (χ1) is 20.0. The van der Waals surface area contributed by atoms with Gasteiger partial charge in [0.2, 0.25) is 11.6 Å². The van der Waals surface area contributed by atoms with Gasteiger partial charge >= 0.3 is 0 Å². The molecule has 0 aliphatic heterocycles. The van der Waals surface area contributed by atoms with Gasteiger partial charge in [0.25, 0.3) is 0 Å². The Morgan fingerprint density at radius 1 is 0.634 bits per heavy atom. The fourth-order valence-corrected chi connectivity index (χ4v) is 4.21. The van der Waals surface area contributed by atoms with Crippen LogP contribution in [0.25, 0.3) is 22.8 Å². The molecule has 0 aliphatic carbocycles. The number of amidine groups is 1. The molecule has 0 fully saturated rings. The molecule has 1 heterocycles. The van der Waals surface area contributed by atoms with Crippen molar-refractivity contribution in [1.29, 1.82) is 0 Å². The van der Waals surface area contributed by atoms with Crippen LogP contribution in [0.15, 0.2) is 143 Å². The van der Waals surface area contributed by atoms with Crippen LogP contribution >= 0.6 is 0 Å². The van der Waals surface area contributed by atoms with E-state index in [1.54, 1.807) is 6.92 Å². The minimum Gasteiger partial charge on any atom is -0.288 e. The molecule has 0 radical (unpaired) electrons. The van der Waals surface area contributed by atoms with Gasteiger partial charge in [0.15, 0.2) is 17.5 Å². The van der Waals surface area contributed by atoms with E-state index in [0.717, 1.165) is 28.0 Å². The molecule has 6 nitrogen and oxygen atoms in total. The van der Waals surface area contributed by atoms with Gasteiger partial charge in [0.1, 0.15) is 6.04 Å². The zero-order valence-corrected chi connectivity index (χ0v) is 23.0. The van der Waals surface area contributed by atoms with Crippen molar-refractivity contribution in [3.63, 3.8) is 0 Å². The highest BCUT2D eigenvalue weighted by Gasteiger charge is 2.26. The molecule has 200 valence electrons. The summed E-state index contributed by atoms with van der Waals surface area (Å²) in [5, 5.41) is 0. The predicted molar refractivity (Wildman–Crippen MR) is 165 cm³/mol. The van der Waals surface area contributed by atoms with E-state index in [1.165, 1.54) is 0 Å².